The van der Waals surface area contributed by atoms with Gasteiger partial charge in [0.1, 0.15) is 0 Å². The van der Waals surface area contributed by atoms with Crippen LogP contribution in [-0.4, -0.2) is 49.7 Å². The van der Waals surface area contributed by atoms with Gasteiger partial charge in [-0.05, 0) is 52.6 Å². The maximum Gasteiger partial charge on any atom is 0.330 e. The molecule has 110 valence electrons. The van der Waals surface area contributed by atoms with Gasteiger partial charge in [0, 0.05) is 25.2 Å². The van der Waals surface area contributed by atoms with E-state index in [4.69, 9.17) is 4.74 Å². The van der Waals surface area contributed by atoms with Crippen LogP contribution in [0.15, 0.2) is 12.2 Å². The lowest BCUT2D eigenvalue weighted by atomic mass is 9.98. The van der Waals surface area contributed by atoms with Gasteiger partial charge in [-0.3, -0.25) is 4.90 Å². The molecule has 1 saturated heterocycles. The summed E-state index contributed by atoms with van der Waals surface area (Å²) in [6.07, 6.45) is 6.03. The van der Waals surface area contributed by atoms with Crippen LogP contribution in [-0.2, 0) is 9.53 Å². The number of ether oxygens (including phenoxy) is 1. The van der Waals surface area contributed by atoms with Crippen LogP contribution in [0.4, 0.5) is 0 Å². The molecule has 0 saturated carbocycles. The number of nitrogens with one attached hydrogen (secondary N) is 1. The van der Waals surface area contributed by atoms with E-state index in [0.29, 0.717) is 12.6 Å². The first-order valence-corrected chi connectivity index (χ1v) is 7.41. The Morgan fingerprint density at radius 2 is 2.32 bits per heavy atom. The van der Waals surface area contributed by atoms with Crippen molar-refractivity contribution in [2.45, 2.75) is 39.7 Å². The first kappa shape index (κ1) is 16.2. The lowest BCUT2D eigenvalue weighted by Gasteiger charge is -2.32. The van der Waals surface area contributed by atoms with Crippen LogP contribution < -0.4 is 5.32 Å². The molecule has 1 atom stereocenters. The van der Waals surface area contributed by atoms with Crippen molar-refractivity contribution in [1.82, 2.24) is 10.2 Å². The standard InChI is InChI=1S/C15H28N2O2/c1-4-19-15(18)8-6-10-17(13(2)3)12-14-7-5-9-16-11-14/h6,8,13-14,16H,4-5,7,9-12H2,1-3H3/b8-6+. The average molecular weight is 268 g/mol. The molecule has 0 spiro atoms. The molecule has 1 rings (SSSR count). The van der Waals surface area contributed by atoms with Gasteiger partial charge in [-0.25, -0.2) is 4.79 Å². The third-order valence-electron chi connectivity index (χ3n) is 3.50. The SMILES string of the molecule is CCOC(=O)/C=C/CN(CC1CCCNC1)C(C)C. The molecule has 4 heteroatoms. The first-order chi connectivity index (χ1) is 9.13. The quantitative estimate of drug-likeness (QED) is 0.565. The first-order valence-electron chi connectivity index (χ1n) is 7.41. The zero-order valence-electron chi connectivity index (χ0n) is 12.5. The Morgan fingerprint density at radius 3 is 2.89 bits per heavy atom. The monoisotopic (exact) mass is 268 g/mol. The highest BCUT2D eigenvalue weighted by Crippen LogP contribution is 2.13. The van der Waals surface area contributed by atoms with E-state index in [0.717, 1.165) is 32.1 Å². The molecule has 19 heavy (non-hydrogen) atoms. The predicted molar refractivity (Wildman–Crippen MR) is 78.1 cm³/mol. The molecule has 0 bridgehead atoms. The summed E-state index contributed by atoms with van der Waals surface area (Å²) >= 11 is 0. The van der Waals surface area contributed by atoms with Crippen molar-refractivity contribution in [3.05, 3.63) is 12.2 Å². The fraction of sp³-hybridized carbons (Fsp3) is 0.800. The smallest absolute Gasteiger partial charge is 0.330 e. The Kier molecular flexibility index (Phi) is 7.75. The minimum Gasteiger partial charge on any atom is -0.463 e. The molecule has 0 aliphatic carbocycles. The highest BCUT2D eigenvalue weighted by atomic mass is 16.5. The number of piperidine rings is 1. The molecule has 0 radical (unpaired) electrons. The van der Waals surface area contributed by atoms with Crippen LogP contribution in [0.3, 0.4) is 0 Å². The summed E-state index contributed by atoms with van der Waals surface area (Å²) in [7, 11) is 0. The number of carbonyl (C=O) groups excluding carboxylic acids is 1. The summed E-state index contributed by atoms with van der Waals surface area (Å²) < 4.78 is 4.88. The molecular formula is C15H28N2O2. The van der Waals surface area contributed by atoms with Gasteiger partial charge >= 0.3 is 5.97 Å². The lowest BCUT2D eigenvalue weighted by molar-refractivity contribution is -0.137. The molecule has 0 aromatic carbocycles. The number of esters is 1. The zero-order valence-corrected chi connectivity index (χ0v) is 12.5. The Labute approximate surface area is 117 Å². The second-order valence-corrected chi connectivity index (χ2v) is 5.41. The minimum atomic E-state index is -0.245. The third-order valence-corrected chi connectivity index (χ3v) is 3.50. The van der Waals surface area contributed by atoms with Gasteiger partial charge in [0.2, 0.25) is 0 Å². The van der Waals surface area contributed by atoms with E-state index >= 15 is 0 Å². The van der Waals surface area contributed by atoms with Crippen molar-refractivity contribution in [2.75, 3.05) is 32.8 Å². The van der Waals surface area contributed by atoms with Crippen LogP contribution in [0.1, 0.15) is 33.6 Å². The van der Waals surface area contributed by atoms with Crippen LogP contribution >= 0.6 is 0 Å². The molecule has 1 unspecified atom stereocenters. The number of carbonyl (C=O) groups is 1. The van der Waals surface area contributed by atoms with E-state index < -0.39 is 0 Å². The molecule has 4 nitrogen and oxygen atoms in total. The average Bonchev–Trinajstić information content (AvgIpc) is 2.39. The third kappa shape index (κ3) is 6.73. The van der Waals surface area contributed by atoms with Crippen molar-refractivity contribution in [1.29, 1.82) is 0 Å². The number of rotatable bonds is 7. The summed E-state index contributed by atoms with van der Waals surface area (Å²) in [6, 6.07) is 0.494. The van der Waals surface area contributed by atoms with E-state index in [1.165, 1.54) is 18.9 Å². The van der Waals surface area contributed by atoms with Crippen LogP contribution in [0, 0.1) is 5.92 Å². The van der Waals surface area contributed by atoms with Crippen LogP contribution in [0.5, 0.6) is 0 Å². The van der Waals surface area contributed by atoms with Crippen molar-refractivity contribution in [3.63, 3.8) is 0 Å². The van der Waals surface area contributed by atoms with Gasteiger partial charge < -0.3 is 10.1 Å². The predicted octanol–water partition coefficient (Wildman–Crippen LogP) is 1.82. The van der Waals surface area contributed by atoms with Gasteiger partial charge in [-0.15, -0.1) is 0 Å². The highest BCUT2D eigenvalue weighted by molar-refractivity contribution is 5.81. The van der Waals surface area contributed by atoms with E-state index in [2.05, 4.69) is 24.1 Å². The van der Waals surface area contributed by atoms with Crippen molar-refractivity contribution in [3.8, 4) is 0 Å². The van der Waals surface area contributed by atoms with Gasteiger partial charge in [0.15, 0.2) is 0 Å². The van der Waals surface area contributed by atoms with Crippen molar-refractivity contribution in [2.24, 2.45) is 5.92 Å². The molecule has 1 heterocycles. The maximum absolute atomic E-state index is 11.2. The van der Waals surface area contributed by atoms with Gasteiger partial charge in [-0.1, -0.05) is 6.08 Å². The minimum absolute atomic E-state index is 0.245. The largest absolute Gasteiger partial charge is 0.463 e. The number of hydrogen-bond acceptors (Lipinski definition) is 4. The maximum atomic E-state index is 11.2. The van der Waals surface area contributed by atoms with E-state index in [1.807, 2.05) is 13.0 Å². The summed E-state index contributed by atoms with van der Waals surface area (Å²) in [5, 5.41) is 3.45. The highest BCUT2D eigenvalue weighted by Gasteiger charge is 2.17. The van der Waals surface area contributed by atoms with Crippen molar-refractivity contribution >= 4 is 5.97 Å². The van der Waals surface area contributed by atoms with Crippen LogP contribution in [0.2, 0.25) is 0 Å². The molecule has 1 fully saturated rings. The Morgan fingerprint density at radius 1 is 1.53 bits per heavy atom. The zero-order chi connectivity index (χ0) is 14.1. The van der Waals surface area contributed by atoms with Gasteiger partial charge in [0.05, 0.1) is 6.61 Å². The summed E-state index contributed by atoms with van der Waals surface area (Å²) in [6.45, 7) is 10.8. The van der Waals surface area contributed by atoms with E-state index in [9.17, 15) is 4.79 Å². The van der Waals surface area contributed by atoms with E-state index in [1.54, 1.807) is 0 Å². The second-order valence-electron chi connectivity index (χ2n) is 5.41. The Balaban J connectivity index is 2.37. The van der Waals surface area contributed by atoms with Gasteiger partial charge in [-0.2, -0.15) is 0 Å². The molecular weight excluding hydrogens is 240 g/mol. The molecule has 1 aliphatic heterocycles. The molecule has 0 amide bonds. The lowest BCUT2D eigenvalue weighted by Crippen LogP contribution is -2.41. The molecule has 0 aromatic heterocycles. The topological polar surface area (TPSA) is 41.6 Å². The molecule has 1 aliphatic rings. The summed E-state index contributed by atoms with van der Waals surface area (Å²) in [5.74, 6) is 0.484. The van der Waals surface area contributed by atoms with Crippen molar-refractivity contribution < 1.29 is 9.53 Å². The normalized spacial score (nSPS) is 20.4. The second kappa shape index (κ2) is 9.10. The fourth-order valence-electron chi connectivity index (χ4n) is 2.38. The summed E-state index contributed by atoms with van der Waals surface area (Å²) in [5.41, 5.74) is 0. The summed E-state index contributed by atoms with van der Waals surface area (Å²) in [4.78, 5) is 13.7. The molecule has 0 aromatic rings. The fourth-order valence-corrected chi connectivity index (χ4v) is 2.38. The van der Waals surface area contributed by atoms with E-state index in [-0.39, 0.29) is 5.97 Å². The van der Waals surface area contributed by atoms with Crippen LogP contribution in [0.25, 0.3) is 0 Å². The number of nitrogens with zero attached hydrogens (tertiary/aromatic N) is 1. The Hall–Kier alpha value is -0.870. The van der Waals surface area contributed by atoms with Gasteiger partial charge in [0.25, 0.3) is 0 Å². The Bertz CT molecular complexity index is 284. The molecule has 1 N–H and O–H groups in total. The number of hydrogen-bond donors (Lipinski definition) is 1.